The quantitative estimate of drug-likeness (QED) is 0.691. The van der Waals surface area contributed by atoms with Gasteiger partial charge in [0.15, 0.2) is 0 Å². The summed E-state index contributed by atoms with van der Waals surface area (Å²) in [5, 5.41) is 0.213. The van der Waals surface area contributed by atoms with Crippen molar-refractivity contribution in [2.24, 2.45) is 0 Å². The maximum atomic E-state index is 11.9. The molecule has 1 heterocycles. The minimum absolute atomic E-state index is 0.108. The van der Waals surface area contributed by atoms with Crippen molar-refractivity contribution in [3.8, 4) is 0 Å². The molecular weight excluding hydrogens is 264 g/mol. The molecule has 2 aromatic rings. The highest BCUT2D eigenvalue weighted by atomic mass is 35.5. The van der Waals surface area contributed by atoms with Gasteiger partial charge >= 0.3 is 5.97 Å². The largest absolute Gasteiger partial charge is 0.456 e. The highest BCUT2D eigenvalue weighted by Crippen LogP contribution is 2.23. The molecular formula is C14H13ClN2O2. The molecule has 0 aliphatic heterocycles. The number of hydrogen-bond acceptors (Lipinski definition) is 4. The minimum Gasteiger partial charge on any atom is -0.456 e. The fraction of sp³-hybridized carbons (Fsp3) is 0.143. The smallest absolute Gasteiger partial charge is 0.340 e. The van der Waals surface area contributed by atoms with Gasteiger partial charge in [0, 0.05) is 6.20 Å². The fourth-order valence-corrected chi connectivity index (χ4v) is 1.79. The van der Waals surface area contributed by atoms with E-state index in [2.05, 4.69) is 4.98 Å². The molecule has 0 aliphatic rings. The Labute approximate surface area is 116 Å². The number of rotatable bonds is 3. The van der Waals surface area contributed by atoms with Crippen molar-refractivity contribution >= 4 is 23.3 Å². The summed E-state index contributed by atoms with van der Waals surface area (Å²) in [6.07, 6.45) is 1.66. The van der Waals surface area contributed by atoms with Gasteiger partial charge in [0.25, 0.3) is 0 Å². The van der Waals surface area contributed by atoms with Gasteiger partial charge < -0.3 is 10.5 Å². The molecule has 0 saturated carbocycles. The molecule has 0 saturated heterocycles. The number of benzene rings is 1. The van der Waals surface area contributed by atoms with E-state index >= 15 is 0 Å². The maximum absolute atomic E-state index is 11.9. The van der Waals surface area contributed by atoms with E-state index in [1.54, 1.807) is 24.4 Å². The van der Waals surface area contributed by atoms with Crippen molar-refractivity contribution in [1.82, 2.24) is 4.98 Å². The highest BCUT2D eigenvalue weighted by molar-refractivity contribution is 6.36. The first-order valence-electron chi connectivity index (χ1n) is 5.71. The zero-order chi connectivity index (χ0) is 13.8. The second-order valence-corrected chi connectivity index (χ2v) is 4.43. The summed E-state index contributed by atoms with van der Waals surface area (Å²) < 4.78 is 5.19. The molecule has 1 aromatic heterocycles. The van der Waals surface area contributed by atoms with Crippen molar-refractivity contribution in [2.45, 2.75) is 13.5 Å². The van der Waals surface area contributed by atoms with Crippen LogP contribution in [0.5, 0.6) is 0 Å². The van der Waals surface area contributed by atoms with Crippen LogP contribution < -0.4 is 5.73 Å². The van der Waals surface area contributed by atoms with Crippen LogP contribution in [0.15, 0.2) is 36.5 Å². The number of ether oxygens (including phenoxy) is 1. The molecule has 0 unspecified atom stereocenters. The first-order chi connectivity index (χ1) is 9.09. The van der Waals surface area contributed by atoms with Crippen molar-refractivity contribution in [3.05, 3.63) is 58.4 Å². The van der Waals surface area contributed by atoms with E-state index in [1.165, 1.54) is 0 Å². The second kappa shape index (κ2) is 5.71. The zero-order valence-electron chi connectivity index (χ0n) is 10.4. The van der Waals surface area contributed by atoms with Crippen molar-refractivity contribution in [1.29, 1.82) is 0 Å². The number of hydrogen-bond donors (Lipinski definition) is 1. The number of nitrogens with zero attached hydrogens (tertiary/aromatic N) is 1. The van der Waals surface area contributed by atoms with Gasteiger partial charge in [0.2, 0.25) is 0 Å². The van der Waals surface area contributed by atoms with Crippen LogP contribution in [0.3, 0.4) is 0 Å². The monoisotopic (exact) mass is 276 g/mol. The van der Waals surface area contributed by atoms with E-state index in [0.717, 1.165) is 11.3 Å². The lowest BCUT2D eigenvalue weighted by Crippen LogP contribution is -2.08. The van der Waals surface area contributed by atoms with Crippen LogP contribution in [0.4, 0.5) is 5.69 Å². The average Bonchev–Trinajstić information content (AvgIpc) is 2.40. The molecule has 0 bridgehead atoms. The standard InChI is InChI=1S/C14H13ClN2O2/c1-9-4-3-7-17-12(9)8-19-14(18)10-5-2-6-11(16)13(10)15/h2-7H,8,16H2,1H3. The molecule has 98 valence electrons. The number of pyridine rings is 1. The predicted octanol–water partition coefficient (Wildman–Crippen LogP) is 2.98. The third-order valence-electron chi connectivity index (χ3n) is 2.71. The Hall–Kier alpha value is -2.07. The third kappa shape index (κ3) is 3.03. The summed E-state index contributed by atoms with van der Waals surface area (Å²) in [6.45, 7) is 2.01. The Morgan fingerprint density at radius 1 is 1.37 bits per heavy atom. The first kappa shape index (κ1) is 13.4. The van der Waals surface area contributed by atoms with Crippen LogP contribution in [0, 0.1) is 6.92 Å². The van der Waals surface area contributed by atoms with Gasteiger partial charge in [-0.3, -0.25) is 4.98 Å². The number of esters is 1. The first-order valence-corrected chi connectivity index (χ1v) is 6.09. The van der Waals surface area contributed by atoms with E-state index in [4.69, 9.17) is 22.1 Å². The fourth-order valence-electron chi connectivity index (χ4n) is 1.59. The molecule has 0 radical (unpaired) electrons. The number of aryl methyl sites for hydroxylation is 1. The summed E-state index contributed by atoms with van der Waals surface area (Å²) in [5.74, 6) is -0.512. The van der Waals surface area contributed by atoms with Crippen LogP contribution in [-0.4, -0.2) is 11.0 Å². The SMILES string of the molecule is Cc1cccnc1COC(=O)c1cccc(N)c1Cl. The number of nitrogens with two attached hydrogens (primary N) is 1. The van der Waals surface area contributed by atoms with Crippen LogP contribution in [-0.2, 0) is 11.3 Å². The van der Waals surface area contributed by atoms with Crippen LogP contribution in [0.2, 0.25) is 5.02 Å². The molecule has 0 atom stereocenters. The number of aromatic nitrogens is 1. The minimum atomic E-state index is -0.512. The number of halogens is 1. The molecule has 0 fully saturated rings. The van der Waals surface area contributed by atoms with Gasteiger partial charge in [0.05, 0.1) is 22.0 Å². The molecule has 0 spiro atoms. The Bertz CT molecular complexity index is 614. The maximum Gasteiger partial charge on any atom is 0.340 e. The lowest BCUT2D eigenvalue weighted by Gasteiger charge is -2.08. The molecule has 2 rings (SSSR count). The molecule has 4 nitrogen and oxygen atoms in total. The molecule has 1 aromatic carbocycles. The van der Waals surface area contributed by atoms with Crippen LogP contribution in [0.25, 0.3) is 0 Å². The second-order valence-electron chi connectivity index (χ2n) is 4.05. The van der Waals surface area contributed by atoms with Crippen molar-refractivity contribution < 1.29 is 9.53 Å². The van der Waals surface area contributed by atoms with Crippen LogP contribution in [0.1, 0.15) is 21.6 Å². The van der Waals surface area contributed by atoms with E-state index in [1.807, 2.05) is 19.1 Å². The number of carbonyl (C=O) groups excluding carboxylic acids is 1. The van der Waals surface area contributed by atoms with Gasteiger partial charge in [-0.05, 0) is 30.7 Å². The van der Waals surface area contributed by atoms with Gasteiger partial charge in [-0.25, -0.2) is 4.79 Å². The number of carbonyl (C=O) groups is 1. The molecule has 0 aliphatic carbocycles. The highest BCUT2D eigenvalue weighted by Gasteiger charge is 2.14. The normalized spacial score (nSPS) is 10.2. The predicted molar refractivity (Wildman–Crippen MR) is 74.0 cm³/mol. The molecule has 2 N–H and O–H groups in total. The lowest BCUT2D eigenvalue weighted by molar-refractivity contribution is 0.0467. The summed E-state index contributed by atoms with van der Waals surface area (Å²) in [5.41, 5.74) is 7.93. The third-order valence-corrected chi connectivity index (χ3v) is 3.13. The molecule has 0 amide bonds. The molecule has 5 heteroatoms. The Morgan fingerprint density at radius 3 is 2.89 bits per heavy atom. The van der Waals surface area contributed by atoms with E-state index < -0.39 is 5.97 Å². The van der Waals surface area contributed by atoms with Gasteiger partial charge in [-0.15, -0.1) is 0 Å². The van der Waals surface area contributed by atoms with Crippen molar-refractivity contribution in [3.63, 3.8) is 0 Å². The van der Waals surface area contributed by atoms with E-state index in [9.17, 15) is 4.79 Å². The summed E-state index contributed by atoms with van der Waals surface area (Å²) in [7, 11) is 0. The van der Waals surface area contributed by atoms with Gasteiger partial charge in [-0.2, -0.15) is 0 Å². The van der Waals surface area contributed by atoms with E-state index in [0.29, 0.717) is 5.69 Å². The van der Waals surface area contributed by atoms with Crippen molar-refractivity contribution in [2.75, 3.05) is 5.73 Å². The van der Waals surface area contributed by atoms with Crippen LogP contribution >= 0.6 is 11.6 Å². The Kier molecular flexibility index (Phi) is 4.02. The summed E-state index contributed by atoms with van der Waals surface area (Å²) in [4.78, 5) is 16.1. The summed E-state index contributed by atoms with van der Waals surface area (Å²) in [6, 6.07) is 8.59. The lowest BCUT2D eigenvalue weighted by atomic mass is 10.2. The van der Waals surface area contributed by atoms with Gasteiger partial charge in [-0.1, -0.05) is 23.7 Å². The topological polar surface area (TPSA) is 65.2 Å². The van der Waals surface area contributed by atoms with E-state index in [-0.39, 0.29) is 17.2 Å². The Balaban J connectivity index is 2.10. The number of nitrogen functional groups attached to an aromatic ring is 1. The number of anilines is 1. The van der Waals surface area contributed by atoms with Gasteiger partial charge in [0.1, 0.15) is 6.61 Å². The zero-order valence-corrected chi connectivity index (χ0v) is 11.1. The average molecular weight is 277 g/mol. The Morgan fingerprint density at radius 2 is 2.16 bits per heavy atom. The summed E-state index contributed by atoms with van der Waals surface area (Å²) >= 11 is 5.96. The molecule has 19 heavy (non-hydrogen) atoms.